The first-order valence-corrected chi connectivity index (χ1v) is 8.18. The van der Waals surface area contributed by atoms with E-state index in [-0.39, 0.29) is 17.6 Å². The Balaban J connectivity index is 2.17. The standard InChI is InChI=1S/C18H22O5/c1-11(19)23-16-15(20)10-9-13-8-7-12-5-3-4-6-14(12)18(13,16)17(21)22-2/h7,9-10,13-14,16H,3-6,8H2,1-2H3. The lowest BCUT2D eigenvalue weighted by atomic mass is 9.52. The molecule has 4 atom stereocenters. The van der Waals surface area contributed by atoms with E-state index in [2.05, 4.69) is 6.08 Å². The minimum atomic E-state index is -1.11. The number of rotatable bonds is 2. The Bertz CT molecular complexity index is 603. The summed E-state index contributed by atoms with van der Waals surface area (Å²) < 4.78 is 10.5. The van der Waals surface area contributed by atoms with E-state index in [1.807, 2.05) is 0 Å². The van der Waals surface area contributed by atoms with Gasteiger partial charge in [-0.2, -0.15) is 0 Å². The van der Waals surface area contributed by atoms with Crippen LogP contribution in [-0.2, 0) is 23.9 Å². The van der Waals surface area contributed by atoms with Gasteiger partial charge in [-0.3, -0.25) is 14.4 Å². The van der Waals surface area contributed by atoms with Crippen LogP contribution in [0.3, 0.4) is 0 Å². The van der Waals surface area contributed by atoms with Crippen LogP contribution in [0.15, 0.2) is 23.8 Å². The molecule has 1 fully saturated rings. The van der Waals surface area contributed by atoms with E-state index in [4.69, 9.17) is 9.47 Å². The Hall–Kier alpha value is -1.91. The van der Waals surface area contributed by atoms with Crippen LogP contribution in [0.4, 0.5) is 0 Å². The van der Waals surface area contributed by atoms with E-state index >= 15 is 0 Å². The third-order valence-corrected chi connectivity index (χ3v) is 5.49. The minimum Gasteiger partial charge on any atom is -0.468 e. The van der Waals surface area contributed by atoms with Crippen molar-refractivity contribution in [1.82, 2.24) is 0 Å². The van der Waals surface area contributed by atoms with Crippen LogP contribution in [0.2, 0.25) is 0 Å². The Labute approximate surface area is 135 Å². The second-order valence-corrected chi connectivity index (χ2v) is 6.60. The third kappa shape index (κ3) is 2.33. The van der Waals surface area contributed by atoms with Crippen LogP contribution < -0.4 is 0 Å². The molecule has 0 aromatic rings. The molecule has 23 heavy (non-hydrogen) atoms. The van der Waals surface area contributed by atoms with E-state index in [0.29, 0.717) is 6.42 Å². The molecule has 1 saturated carbocycles. The number of ether oxygens (including phenoxy) is 2. The molecule has 3 aliphatic rings. The summed E-state index contributed by atoms with van der Waals surface area (Å²) in [7, 11) is 1.34. The summed E-state index contributed by atoms with van der Waals surface area (Å²) in [5.41, 5.74) is 0.0923. The van der Waals surface area contributed by atoms with Crippen molar-refractivity contribution in [3.8, 4) is 0 Å². The summed E-state index contributed by atoms with van der Waals surface area (Å²) in [6, 6.07) is 0. The molecule has 5 nitrogen and oxygen atoms in total. The van der Waals surface area contributed by atoms with Crippen LogP contribution in [0.1, 0.15) is 39.0 Å². The lowest BCUT2D eigenvalue weighted by molar-refractivity contribution is -0.185. The lowest BCUT2D eigenvalue weighted by Crippen LogP contribution is -2.60. The number of carbonyl (C=O) groups is 3. The van der Waals surface area contributed by atoms with Gasteiger partial charge in [0.2, 0.25) is 0 Å². The molecule has 124 valence electrons. The Morgan fingerprint density at radius 1 is 1.30 bits per heavy atom. The van der Waals surface area contributed by atoms with E-state index in [1.165, 1.54) is 25.7 Å². The van der Waals surface area contributed by atoms with E-state index in [0.717, 1.165) is 25.7 Å². The first kappa shape index (κ1) is 16.0. The van der Waals surface area contributed by atoms with E-state index in [1.54, 1.807) is 6.08 Å². The van der Waals surface area contributed by atoms with Gasteiger partial charge in [-0.05, 0) is 31.8 Å². The van der Waals surface area contributed by atoms with Gasteiger partial charge < -0.3 is 9.47 Å². The van der Waals surface area contributed by atoms with Gasteiger partial charge in [-0.15, -0.1) is 0 Å². The second kappa shape index (κ2) is 5.95. The summed E-state index contributed by atoms with van der Waals surface area (Å²) >= 11 is 0. The van der Waals surface area contributed by atoms with Crippen LogP contribution >= 0.6 is 0 Å². The topological polar surface area (TPSA) is 69.7 Å². The second-order valence-electron chi connectivity index (χ2n) is 6.60. The maximum atomic E-state index is 12.9. The number of carbonyl (C=O) groups excluding carboxylic acids is 3. The maximum Gasteiger partial charge on any atom is 0.317 e. The number of allylic oxidation sites excluding steroid dienone is 3. The van der Waals surface area contributed by atoms with Gasteiger partial charge in [0, 0.05) is 18.8 Å². The first-order valence-electron chi connectivity index (χ1n) is 8.18. The predicted molar refractivity (Wildman–Crippen MR) is 82.3 cm³/mol. The predicted octanol–water partition coefficient (Wildman–Crippen LogP) is 2.35. The highest BCUT2D eigenvalue weighted by Gasteiger charge is 2.63. The summed E-state index contributed by atoms with van der Waals surface area (Å²) in [5, 5.41) is 0. The molecule has 3 rings (SSSR count). The highest BCUT2D eigenvalue weighted by atomic mass is 16.6. The Kier molecular flexibility index (Phi) is 4.13. The van der Waals surface area contributed by atoms with Crippen molar-refractivity contribution < 1.29 is 23.9 Å². The van der Waals surface area contributed by atoms with Crippen molar-refractivity contribution in [3.05, 3.63) is 23.8 Å². The van der Waals surface area contributed by atoms with Gasteiger partial charge in [-0.1, -0.05) is 24.1 Å². The molecule has 0 aromatic carbocycles. The molecule has 0 spiro atoms. The van der Waals surface area contributed by atoms with Crippen LogP contribution in [0, 0.1) is 17.3 Å². The number of hydrogen-bond acceptors (Lipinski definition) is 5. The molecule has 0 heterocycles. The smallest absolute Gasteiger partial charge is 0.317 e. The van der Waals surface area contributed by atoms with Crippen molar-refractivity contribution in [3.63, 3.8) is 0 Å². The summed E-state index contributed by atoms with van der Waals surface area (Å²) in [6.45, 7) is 1.27. The average Bonchev–Trinajstić information content (AvgIpc) is 2.55. The number of methoxy groups -OCH3 is 1. The zero-order valence-electron chi connectivity index (χ0n) is 13.5. The molecule has 3 aliphatic carbocycles. The van der Waals surface area contributed by atoms with Gasteiger partial charge in [0.15, 0.2) is 11.9 Å². The summed E-state index contributed by atoms with van der Waals surface area (Å²) in [5.74, 6) is -1.59. The van der Waals surface area contributed by atoms with Crippen molar-refractivity contribution in [2.75, 3.05) is 7.11 Å². The molecule has 0 amide bonds. The van der Waals surface area contributed by atoms with E-state index < -0.39 is 23.5 Å². The summed E-state index contributed by atoms with van der Waals surface area (Å²) in [6.07, 6.45) is 8.85. The highest BCUT2D eigenvalue weighted by molar-refractivity contribution is 6.01. The molecule has 0 aromatic heterocycles. The largest absolute Gasteiger partial charge is 0.468 e. The number of hydrogen-bond donors (Lipinski definition) is 0. The quantitative estimate of drug-likeness (QED) is 0.577. The number of ketones is 1. The number of esters is 2. The van der Waals surface area contributed by atoms with Gasteiger partial charge >= 0.3 is 11.9 Å². The minimum absolute atomic E-state index is 0.0966. The molecule has 0 aliphatic heterocycles. The SMILES string of the molecule is COC(=O)C12C(C=CC(=O)C1OC(C)=O)CC=C1CCCCC12. The van der Waals surface area contributed by atoms with Crippen molar-refractivity contribution >= 4 is 17.7 Å². The zero-order chi connectivity index (χ0) is 16.6. The summed E-state index contributed by atoms with van der Waals surface area (Å²) in [4.78, 5) is 37.0. The highest BCUT2D eigenvalue weighted by Crippen LogP contribution is 2.56. The fourth-order valence-electron chi connectivity index (χ4n) is 4.61. The lowest BCUT2D eigenvalue weighted by Gasteiger charge is -2.51. The molecule has 4 unspecified atom stereocenters. The zero-order valence-corrected chi connectivity index (χ0v) is 13.5. The van der Waals surface area contributed by atoms with Crippen molar-refractivity contribution in [2.45, 2.75) is 45.1 Å². The monoisotopic (exact) mass is 318 g/mol. The first-order chi connectivity index (χ1) is 11.0. The van der Waals surface area contributed by atoms with Crippen LogP contribution in [-0.4, -0.2) is 30.9 Å². The molecule has 0 bridgehead atoms. The van der Waals surface area contributed by atoms with Gasteiger partial charge in [0.25, 0.3) is 0 Å². The molecule has 5 heteroatoms. The van der Waals surface area contributed by atoms with Crippen LogP contribution in [0.5, 0.6) is 0 Å². The molecule has 0 saturated heterocycles. The van der Waals surface area contributed by atoms with Gasteiger partial charge in [0.05, 0.1) is 7.11 Å². The Morgan fingerprint density at radius 2 is 2.09 bits per heavy atom. The normalized spacial score (nSPS) is 35.7. The Morgan fingerprint density at radius 3 is 2.78 bits per heavy atom. The number of fused-ring (bicyclic) bond motifs is 3. The molecule has 0 radical (unpaired) electrons. The maximum absolute atomic E-state index is 12.9. The fraction of sp³-hybridized carbons (Fsp3) is 0.611. The molecular formula is C18H22O5. The van der Waals surface area contributed by atoms with Crippen molar-refractivity contribution in [1.29, 1.82) is 0 Å². The molecular weight excluding hydrogens is 296 g/mol. The van der Waals surface area contributed by atoms with Crippen LogP contribution in [0.25, 0.3) is 0 Å². The van der Waals surface area contributed by atoms with Gasteiger partial charge in [-0.25, -0.2) is 0 Å². The molecule has 0 N–H and O–H groups in total. The van der Waals surface area contributed by atoms with Gasteiger partial charge in [0.1, 0.15) is 5.41 Å². The van der Waals surface area contributed by atoms with E-state index in [9.17, 15) is 14.4 Å². The third-order valence-electron chi connectivity index (χ3n) is 5.49. The average molecular weight is 318 g/mol. The van der Waals surface area contributed by atoms with Crippen molar-refractivity contribution in [2.24, 2.45) is 17.3 Å². The fourth-order valence-corrected chi connectivity index (χ4v) is 4.61.